The van der Waals surface area contributed by atoms with Crippen molar-refractivity contribution < 1.29 is 9.84 Å². The summed E-state index contributed by atoms with van der Waals surface area (Å²) in [6.07, 6.45) is 6.48. The normalized spacial score (nSPS) is 24.2. The molecule has 1 unspecified atom stereocenters. The van der Waals surface area contributed by atoms with E-state index in [0.29, 0.717) is 18.4 Å². The Morgan fingerprint density at radius 2 is 2.44 bits per heavy atom. The largest absolute Gasteiger partial charge is 0.368 e. The second-order valence-corrected chi connectivity index (χ2v) is 3.88. The van der Waals surface area contributed by atoms with Crippen LogP contribution in [0.2, 0.25) is 0 Å². The summed E-state index contributed by atoms with van der Waals surface area (Å²) in [5, 5.41) is 9.22. The van der Waals surface area contributed by atoms with Crippen LogP contribution in [0.3, 0.4) is 0 Å². The van der Waals surface area contributed by atoms with Crippen LogP contribution in [-0.4, -0.2) is 20.9 Å². The molecule has 1 fully saturated rings. The SMILES string of the molecule is C#Cc1cn(C2CC[C@@H](O)O2)c(=O)[nH]c1=S. The number of terminal acetylenes is 1. The molecule has 6 heteroatoms. The highest BCUT2D eigenvalue weighted by Gasteiger charge is 2.25. The van der Waals surface area contributed by atoms with Gasteiger partial charge in [0, 0.05) is 12.6 Å². The highest BCUT2D eigenvalue weighted by molar-refractivity contribution is 7.71. The van der Waals surface area contributed by atoms with Crippen molar-refractivity contribution in [3.05, 3.63) is 26.9 Å². The van der Waals surface area contributed by atoms with Crippen molar-refractivity contribution in [2.75, 3.05) is 0 Å². The van der Waals surface area contributed by atoms with Crippen molar-refractivity contribution in [1.29, 1.82) is 0 Å². The van der Waals surface area contributed by atoms with Gasteiger partial charge >= 0.3 is 5.69 Å². The fourth-order valence-corrected chi connectivity index (χ4v) is 1.81. The summed E-state index contributed by atoms with van der Waals surface area (Å²) >= 11 is 4.89. The van der Waals surface area contributed by atoms with Gasteiger partial charge < -0.3 is 9.84 Å². The van der Waals surface area contributed by atoms with E-state index in [1.54, 1.807) is 0 Å². The Bertz CT molecular complexity index is 554. The summed E-state index contributed by atoms with van der Waals surface area (Å²) < 4.78 is 6.72. The summed E-state index contributed by atoms with van der Waals surface area (Å²) in [5.41, 5.74) is 0.0442. The van der Waals surface area contributed by atoms with Crippen LogP contribution < -0.4 is 5.69 Å². The Balaban J connectivity index is 2.46. The van der Waals surface area contributed by atoms with E-state index in [0.717, 1.165) is 0 Å². The Labute approximate surface area is 96.7 Å². The van der Waals surface area contributed by atoms with E-state index in [9.17, 15) is 9.90 Å². The van der Waals surface area contributed by atoms with Crippen LogP contribution in [0.1, 0.15) is 24.6 Å². The first-order valence-electron chi connectivity index (χ1n) is 4.77. The molecule has 0 bridgehead atoms. The molecule has 0 radical (unpaired) electrons. The van der Waals surface area contributed by atoms with Crippen LogP contribution >= 0.6 is 12.2 Å². The minimum absolute atomic E-state index is 0.238. The molecule has 0 aliphatic carbocycles. The lowest BCUT2D eigenvalue weighted by molar-refractivity contribution is -0.113. The molecule has 2 heterocycles. The van der Waals surface area contributed by atoms with Crippen molar-refractivity contribution in [3.8, 4) is 12.3 Å². The third-order valence-electron chi connectivity index (χ3n) is 2.41. The second kappa shape index (κ2) is 4.22. The van der Waals surface area contributed by atoms with Crippen LogP contribution in [0.5, 0.6) is 0 Å². The highest BCUT2D eigenvalue weighted by Crippen LogP contribution is 2.25. The Morgan fingerprint density at radius 1 is 1.69 bits per heavy atom. The van der Waals surface area contributed by atoms with E-state index >= 15 is 0 Å². The number of nitrogens with zero attached hydrogens (tertiary/aromatic N) is 1. The lowest BCUT2D eigenvalue weighted by atomic mass is 10.3. The van der Waals surface area contributed by atoms with Crippen molar-refractivity contribution in [2.45, 2.75) is 25.4 Å². The number of rotatable bonds is 1. The number of aromatic nitrogens is 2. The first kappa shape index (κ1) is 11.1. The standard InChI is InChI=1S/C10H10N2O3S/c1-2-6-5-12(10(14)11-9(6)16)7-3-4-8(13)15-7/h1,5,7-8,13H,3-4H2,(H,11,14,16)/t7?,8-/m0/s1. The molecule has 2 rings (SSSR count). The predicted molar refractivity (Wildman–Crippen MR) is 59.2 cm³/mol. The van der Waals surface area contributed by atoms with Crippen LogP contribution in [0.4, 0.5) is 0 Å². The molecule has 2 atom stereocenters. The summed E-state index contributed by atoms with van der Waals surface area (Å²) in [5.74, 6) is 2.38. The van der Waals surface area contributed by atoms with E-state index in [4.69, 9.17) is 23.4 Å². The highest BCUT2D eigenvalue weighted by atomic mass is 32.1. The van der Waals surface area contributed by atoms with Gasteiger partial charge in [0.05, 0.1) is 5.56 Å². The van der Waals surface area contributed by atoms with Gasteiger partial charge in [0.1, 0.15) is 10.9 Å². The van der Waals surface area contributed by atoms with Crippen LogP contribution in [0, 0.1) is 17.0 Å². The second-order valence-electron chi connectivity index (χ2n) is 3.48. The number of aromatic amines is 1. The zero-order valence-electron chi connectivity index (χ0n) is 8.34. The van der Waals surface area contributed by atoms with Gasteiger partial charge in [-0.2, -0.15) is 0 Å². The minimum atomic E-state index is -0.825. The topological polar surface area (TPSA) is 67.2 Å². The Morgan fingerprint density at radius 3 is 3.00 bits per heavy atom. The van der Waals surface area contributed by atoms with Gasteiger partial charge in [-0.1, -0.05) is 18.1 Å². The summed E-state index contributed by atoms with van der Waals surface area (Å²) in [6, 6.07) is 0. The average molecular weight is 238 g/mol. The molecule has 1 aromatic rings. The third kappa shape index (κ3) is 1.93. The smallest absolute Gasteiger partial charge is 0.328 e. The molecule has 84 valence electrons. The number of hydrogen-bond acceptors (Lipinski definition) is 4. The number of aliphatic hydroxyl groups excluding tert-OH is 1. The van der Waals surface area contributed by atoms with Gasteiger partial charge in [-0.05, 0) is 6.42 Å². The summed E-state index contributed by atoms with van der Waals surface area (Å²) in [6.45, 7) is 0. The van der Waals surface area contributed by atoms with E-state index < -0.39 is 12.5 Å². The van der Waals surface area contributed by atoms with Crippen molar-refractivity contribution >= 4 is 12.2 Å². The van der Waals surface area contributed by atoms with Gasteiger partial charge in [-0.3, -0.25) is 9.55 Å². The van der Waals surface area contributed by atoms with Crippen molar-refractivity contribution in [3.63, 3.8) is 0 Å². The van der Waals surface area contributed by atoms with Crippen molar-refractivity contribution in [2.24, 2.45) is 0 Å². The molecule has 0 saturated carbocycles. The predicted octanol–water partition coefficient (Wildman–Crippen LogP) is 0.515. The lowest BCUT2D eigenvalue weighted by Gasteiger charge is -2.13. The van der Waals surface area contributed by atoms with Gasteiger partial charge in [-0.15, -0.1) is 6.42 Å². The number of hydrogen-bond donors (Lipinski definition) is 2. The zero-order chi connectivity index (χ0) is 11.7. The van der Waals surface area contributed by atoms with Gasteiger partial charge in [-0.25, -0.2) is 4.79 Å². The van der Waals surface area contributed by atoms with E-state index in [-0.39, 0.29) is 10.3 Å². The third-order valence-corrected chi connectivity index (χ3v) is 2.73. The molecule has 16 heavy (non-hydrogen) atoms. The molecule has 0 amide bonds. The quantitative estimate of drug-likeness (QED) is 0.553. The maximum atomic E-state index is 11.6. The average Bonchev–Trinajstić information content (AvgIpc) is 2.65. The monoisotopic (exact) mass is 238 g/mol. The molecule has 0 aromatic carbocycles. The maximum absolute atomic E-state index is 11.6. The molecule has 1 aliphatic heterocycles. The Hall–Kier alpha value is -1.42. The molecule has 1 aliphatic rings. The van der Waals surface area contributed by atoms with Crippen molar-refractivity contribution in [1.82, 2.24) is 9.55 Å². The number of nitrogens with one attached hydrogen (secondary N) is 1. The van der Waals surface area contributed by atoms with Gasteiger partial charge in [0.25, 0.3) is 0 Å². The molecule has 5 nitrogen and oxygen atoms in total. The van der Waals surface area contributed by atoms with Crippen LogP contribution in [0.15, 0.2) is 11.0 Å². The molecule has 0 spiro atoms. The summed E-state index contributed by atoms with van der Waals surface area (Å²) in [4.78, 5) is 14.1. The van der Waals surface area contributed by atoms with Gasteiger partial charge in [0.2, 0.25) is 0 Å². The number of ether oxygens (including phenoxy) is 1. The molecular formula is C10H10N2O3S. The maximum Gasteiger partial charge on any atom is 0.328 e. The van der Waals surface area contributed by atoms with Gasteiger partial charge in [0.15, 0.2) is 6.29 Å². The van der Waals surface area contributed by atoms with Crippen LogP contribution in [-0.2, 0) is 4.74 Å². The molecule has 2 N–H and O–H groups in total. The zero-order valence-corrected chi connectivity index (χ0v) is 9.16. The number of H-pyrrole nitrogens is 1. The Kier molecular flexibility index (Phi) is 2.92. The fourth-order valence-electron chi connectivity index (χ4n) is 1.61. The number of aliphatic hydroxyl groups is 1. The van der Waals surface area contributed by atoms with E-state index in [1.807, 2.05) is 0 Å². The van der Waals surface area contributed by atoms with E-state index in [1.165, 1.54) is 10.8 Å². The molecular weight excluding hydrogens is 228 g/mol. The first-order chi connectivity index (χ1) is 7.61. The summed E-state index contributed by atoms with van der Waals surface area (Å²) in [7, 11) is 0. The fraction of sp³-hybridized carbons (Fsp3) is 0.400. The molecule has 1 aromatic heterocycles. The minimum Gasteiger partial charge on any atom is -0.368 e. The van der Waals surface area contributed by atoms with Crippen LogP contribution in [0.25, 0.3) is 0 Å². The lowest BCUT2D eigenvalue weighted by Crippen LogP contribution is -2.27. The van der Waals surface area contributed by atoms with E-state index in [2.05, 4.69) is 10.9 Å². The molecule has 1 saturated heterocycles. The first-order valence-corrected chi connectivity index (χ1v) is 5.18.